The zero-order chi connectivity index (χ0) is 13.0. The molecular formula is C12H17BrN2O3. The van der Waals surface area contributed by atoms with Crippen molar-refractivity contribution in [3.63, 3.8) is 0 Å². The summed E-state index contributed by atoms with van der Waals surface area (Å²) in [6.07, 6.45) is 0. The molecule has 18 heavy (non-hydrogen) atoms. The van der Waals surface area contributed by atoms with Gasteiger partial charge in [0, 0.05) is 31.7 Å². The highest BCUT2D eigenvalue weighted by molar-refractivity contribution is 9.10. The quantitative estimate of drug-likeness (QED) is 0.912. The van der Waals surface area contributed by atoms with Crippen molar-refractivity contribution in [2.24, 2.45) is 0 Å². The molecule has 1 saturated heterocycles. The van der Waals surface area contributed by atoms with Gasteiger partial charge in [0.15, 0.2) is 10.4 Å². The first-order valence-electron chi connectivity index (χ1n) is 6.01. The van der Waals surface area contributed by atoms with Gasteiger partial charge in [-0.05, 0) is 28.9 Å². The molecule has 5 nitrogen and oxygen atoms in total. The van der Waals surface area contributed by atoms with E-state index in [4.69, 9.17) is 9.15 Å². The summed E-state index contributed by atoms with van der Waals surface area (Å²) < 4.78 is 11.1. The zero-order valence-electron chi connectivity index (χ0n) is 10.4. The minimum atomic E-state index is -0.161. The fraction of sp³-hybridized carbons (Fsp3) is 0.583. The Balaban J connectivity index is 1.76. The number of halogens is 1. The smallest absolute Gasteiger partial charge is 0.287 e. The average Bonchev–Trinajstić information content (AvgIpc) is 2.70. The lowest BCUT2D eigenvalue weighted by molar-refractivity contribution is 0.0382. The Hall–Kier alpha value is -0.850. The van der Waals surface area contributed by atoms with E-state index in [0.29, 0.717) is 17.0 Å². The minimum Gasteiger partial charge on any atom is -0.444 e. The lowest BCUT2D eigenvalue weighted by Crippen LogP contribution is -2.41. The summed E-state index contributed by atoms with van der Waals surface area (Å²) in [7, 11) is 0. The van der Waals surface area contributed by atoms with Crippen LogP contribution in [0.1, 0.15) is 16.1 Å². The summed E-state index contributed by atoms with van der Waals surface area (Å²) in [5, 5.41) is 2.86. The van der Waals surface area contributed by atoms with E-state index in [0.717, 1.165) is 38.4 Å². The third-order valence-electron chi connectivity index (χ3n) is 2.91. The average molecular weight is 317 g/mol. The standard InChI is InChI=1S/C12H17BrN2O3/c1-9-8-10(13)18-11(9)12(16)14-2-3-15-4-6-17-7-5-15/h8H,2-7H2,1H3,(H,14,16). The summed E-state index contributed by atoms with van der Waals surface area (Å²) in [5.74, 6) is 0.218. The molecule has 1 aromatic heterocycles. The van der Waals surface area contributed by atoms with Crippen LogP contribution in [-0.2, 0) is 4.74 Å². The molecule has 0 aliphatic carbocycles. The monoisotopic (exact) mass is 316 g/mol. The van der Waals surface area contributed by atoms with Gasteiger partial charge in [0.25, 0.3) is 5.91 Å². The first kappa shape index (κ1) is 13.6. The molecule has 1 N–H and O–H groups in total. The van der Waals surface area contributed by atoms with Gasteiger partial charge in [0.05, 0.1) is 13.2 Å². The molecule has 1 aliphatic rings. The van der Waals surface area contributed by atoms with Crippen LogP contribution in [0.2, 0.25) is 0 Å². The number of nitrogens with one attached hydrogen (secondary N) is 1. The van der Waals surface area contributed by atoms with Crippen molar-refractivity contribution >= 4 is 21.8 Å². The number of furan rings is 1. The van der Waals surface area contributed by atoms with Gasteiger partial charge in [0.1, 0.15) is 0 Å². The van der Waals surface area contributed by atoms with Gasteiger partial charge in [-0.2, -0.15) is 0 Å². The molecule has 0 spiro atoms. The van der Waals surface area contributed by atoms with E-state index in [9.17, 15) is 4.79 Å². The second-order valence-corrected chi connectivity index (χ2v) is 5.05. The fourth-order valence-corrected chi connectivity index (χ4v) is 2.41. The van der Waals surface area contributed by atoms with Gasteiger partial charge in [0.2, 0.25) is 0 Å². The number of rotatable bonds is 4. The number of morpholine rings is 1. The Labute approximate surface area is 115 Å². The van der Waals surface area contributed by atoms with Gasteiger partial charge >= 0.3 is 0 Å². The largest absolute Gasteiger partial charge is 0.444 e. The number of amides is 1. The van der Waals surface area contributed by atoms with Crippen LogP contribution in [0.5, 0.6) is 0 Å². The molecule has 100 valence electrons. The molecule has 1 fully saturated rings. The molecule has 1 aromatic rings. The molecule has 0 aromatic carbocycles. The number of hydrogen-bond donors (Lipinski definition) is 1. The van der Waals surface area contributed by atoms with Gasteiger partial charge in [-0.25, -0.2) is 0 Å². The first-order valence-corrected chi connectivity index (χ1v) is 6.80. The number of carbonyl (C=O) groups excluding carboxylic acids is 1. The topological polar surface area (TPSA) is 54.7 Å². The van der Waals surface area contributed by atoms with Crippen molar-refractivity contribution in [3.8, 4) is 0 Å². The number of nitrogens with zero attached hydrogens (tertiary/aromatic N) is 1. The van der Waals surface area contributed by atoms with Crippen LogP contribution in [0.15, 0.2) is 15.2 Å². The highest BCUT2D eigenvalue weighted by Gasteiger charge is 2.15. The molecule has 0 saturated carbocycles. The van der Waals surface area contributed by atoms with E-state index in [1.807, 2.05) is 6.92 Å². The minimum absolute atomic E-state index is 0.161. The van der Waals surface area contributed by atoms with Crippen LogP contribution in [-0.4, -0.2) is 50.2 Å². The maximum absolute atomic E-state index is 11.9. The molecule has 2 heterocycles. The Kier molecular flexibility index (Phi) is 4.79. The number of hydrogen-bond acceptors (Lipinski definition) is 4. The Bertz CT molecular complexity index is 413. The number of carbonyl (C=O) groups is 1. The van der Waals surface area contributed by atoms with Gasteiger partial charge < -0.3 is 14.5 Å². The normalized spacial score (nSPS) is 16.8. The third-order valence-corrected chi connectivity index (χ3v) is 3.30. The van der Waals surface area contributed by atoms with Gasteiger partial charge in [-0.1, -0.05) is 0 Å². The predicted octanol–water partition coefficient (Wildman–Crippen LogP) is 1.41. The molecular weight excluding hydrogens is 300 g/mol. The lowest BCUT2D eigenvalue weighted by atomic mass is 10.2. The van der Waals surface area contributed by atoms with Crippen molar-refractivity contribution in [2.45, 2.75) is 6.92 Å². The summed E-state index contributed by atoms with van der Waals surface area (Å²) in [6.45, 7) is 6.73. The predicted molar refractivity (Wildman–Crippen MR) is 70.7 cm³/mol. The van der Waals surface area contributed by atoms with Gasteiger partial charge in [-0.3, -0.25) is 9.69 Å². The summed E-state index contributed by atoms with van der Waals surface area (Å²) in [4.78, 5) is 14.1. The SMILES string of the molecule is Cc1cc(Br)oc1C(=O)NCCN1CCOCC1. The molecule has 0 unspecified atom stereocenters. The first-order chi connectivity index (χ1) is 8.66. The van der Waals surface area contributed by atoms with Crippen molar-refractivity contribution in [3.05, 3.63) is 22.1 Å². The molecule has 2 rings (SSSR count). The van der Waals surface area contributed by atoms with Crippen LogP contribution in [0.25, 0.3) is 0 Å². The fourth-order valence-electron chi connectivity index (χ4n) is 1.90. The van der Waals surface area contributed by atoms with Crippen LogP contribution >= 0.6 is 15.9 Å². The van der Waals surface area contributed by atoms with E-state index in [2.05, 4.69) is 26.1 Å². The molecule has 0 bridgehead atoms. The van der Waals surface area contributed by atoms with Crippen molar-refractivity contribution in [1.82, 2.24) is 10.2 Å². The summed E-state index contributed by atoms with van der Waals surface area (Å²) in [5.41, 5.74) is 0.839. The van der Waals surface area contributed by atoms with Crippen molar-refractivity contribution < 1.29 is 13.9 Å². The molecule has 6 heteroatoms. The van der Waals surface area contributed by atoms with Gasteiger partial charge in [-0.15, -0.1) is 0 Å². The van der Waals surface area contributed by atoms with E-state index in [1.165, 1.54) is 0 Å². The second kappa shape index (κ2) is 6.36. The van der Waals surface area contributed by atoms with E-state index >= 15 is 0 Å². The molecule has 1 amide bonds. The Morgan fingerprint density at radius 2 is 2.22 bits per heavy atom. The van der Waals surface area contributed by atoms with Crippen LogP contribution in [0.4, 0.5) is 0 Å². The highest BCUT2D eigenvalue weighted by Crippen LogP contribution is 2.19. The molecule has 1 aliphatic heterocycles. The lowest BCUT2D eigenvalue weighted by Gasteiger charge is -2.26. The molecule has 0 atom stereocenters. The van der Waals surface area contributed by atoms with E-state index < -0.39 is 0 Å². The van der Waals surface area contributed by atoms with E-state index in [-0.39, 0.29) is 5.91 Å². The van der Waals surface area contributed by atoms with Crippen molar-refractivity contribution in [1.29, 1.82) is 0 Å². The summed E-state index contributed by atoms with van der Waals surface area (Å²) in [6, 6.07) is 1.79. The van der Waals surface area contributed by atoms with E-state index in [1.54, 1.807) is 6.07 Å². The summed E-state index contributed by atoms with van der Waals surface area (Å²) >= 11 is 3.21. The Morgan fingerprint density at radius 1 is 1.50 bits per heavy atom. The maximum atomic E-state index is 11.9. The second-order valence-electron chi connectivity index (χ2n) is 4.27. The van der Waals surface area contributed by atoms with Crippen molar-refractivity contribution in [2.75, 3.05) is 39.4 Å². The Morgan fingerprint density at radius 3 is 2.83 bits per heavy atom. The number of ether oxygens (including phenoxy) is 1. The van der Waals surface area contributed by atoms with Crippen LogP contribution in [0.3, 0.4) is 0 Å². The third kappa shape index (κ3) is 3.57. The zero-order valence-corrected chi connectivity index (χ0v) is 12.0. The van der Waals surface area contributed by atoms with Crippen LogP contribution in [0, 0.1) is 6.92 Å². The maximum Gasteiger partial charge on any atom is 0.287 e. The van der Waals surface area contributed by atoms with Crippen LogP contribution < -0.4 is 5.32 Å². The molecule has 0 radical (unpaired) electrons. The highest BCUT2D eigenvalue weighted by atomic mass is 79.9. The number of aryl methyl sites for hydroxylation is 1.